The highest BCUT2D eigenvalue weighted by Crippen LogP contribution is 2.47. The zero-order valence-corrected chi connectivity index (χ0v) is 20.0. The van der Waals surface area contributed by atoms with Crippen LogP contribution in [0, 0.1) is 11.3 Å². The second-order valence-corrected chi connectivity index (χ2v) is 9.53. The van der Waals surface area contributed by atoms with Gasteiger partial charge in [-0.25, -0.2) is 4.99 Å². The molecule has 7 nitrogen and oxygen atoms in total. The van der Waals surface area contributed by atoms with E-state index in [-0.39, 0.29) is 11.9 Å². The number of nitrogens with two attached hydrogens (primary N) is 1. The highest BCUT2D eigenvalue weighted by Gasteiger charge is 2.48. The van der Waals surface area contributed by atoms with Gasteiger partial charge < -0.3 is 5.73 Å². The molecule has 0 fully saturated rings. The Kier molecular flexibility index (Phi) is 5.22. The fraction of sp³-hybridized carbons (Fsp3) is 0.231. The molecule has 0 bridgehead atoms. The molecular formula is C26H24N6OS. The van der Waals surface area contributed by atoms with Gasteiger partial charge in [-0.15, -0.1) is 11.3 Å². The zero-order chi connectivity index (χ0) is 24.0. The number of aryl methyl sites for hydroxylation is 1. The van der Waals surface area contributed by atoms with Crippen molar-refractivity contribution in [2.75, 3.05) is 7.05 Å². The molecule has 34 heavy (non-hydrogen) atoms. The van der Waals surface area contributed by atoms with Crippen molar-refractivity contribution in [3.8, 4) is 17.2 Å². The average Bonchev–Trinajstić information content (AvgIpc) is 3.50. The predicted molar refractivity (Wildman–Crippen MR) is 134 cm³/mol. The van der Waals surface area contributed by atoms with Crippen molar-refractivity contribution in [1.82, 2.24) is 14.7 Å². The molecule has 0 spiro atoms. The Morgan fingerprint density at radius 1 is 1.21 bits per heavy atom. The number of benzene rings is 2. The molecule has 0 saturated carbocycles. The van der Waals surface area contributed by atoms with Gasteiger partial charge in [0, 0.05) is 23.9 Å². The molecule has 2 N–H and O–H groups in total. The molecule has 5 rings (SSSR count). The van der Waals surface area contributed by atoms with Crippen molar-refractivity contribution in [1.29, 1.82) is 5.26 Å². The number of guanidine groups is 1. The second-order valence-electron chi connectivity index (χ2n) is 8.62. The van der Waals surface area contributed by atoms with E-state index in [1.165, 1.54) is 4.90 Å². The summed E-state index contributed by atoms with van der Waals surface area (Å²) in [5.41, 5.74) is 9.77. The number of nitrogens with zero attached hydrogens (tertiary/aromatic N) is 5. The van der Waals surface area contributed by atoms with E-state index in [4.69, 9.17) is 10.7 Å². The predicted octanol–water partition coefficient (Wildman–Crippen LogP) is 4.44. The van der Waals surface area contributed by atoms with Crippen molar-refractivity contribution in [2.45, 2.75) is 31.8 Å². The number of carbonyl (C=O) groups is 1. The number of nitriles is 1. The largest absolute Gasteiger partial charge is 0.369 e. The summed E-state index contributed by atoms with van der Waals surface area (Å²) >= 11 is 1.55. The highest BCUT2D eigenvalue weighted by molar-refractivity contribution is 7.10. The van der Waals surface area contributed by atoms with E-state index >= 15 is 0 Å². The average molecular weight is 469 g/mol. The smallest absolute Gasteiger partial charge is 0.239 e. The van der Waals surface area contributed by atoms with Gasteiger partial charge in [-0.05, 0) is 66.2 Å². The fourth-order valence-corrected chi connectivity index (χ4v) is 5.70. The van der Waals surface area contributed by atoms with Crippen molar-refractivity contribution in [3.63, 3.8) is 0 Å². The minimum Gasteiger partial charge on any atom is -0.369 e. The van der Waals surface area contributed by atoms with Crippen LogP contribution in [0.2, 0.25) is 0 Å². The highest BCUT2D eigenvalue weighted by atomic mass is 32.1. The van der Waals surface area contributed by atoms with E-state index in [1.807, 2.05) is 59.6 Å². The fourth-order valence-electron chi connectivity index (χ4n) is 4.65. The van der Waals surface area contributed by atoms with Gasteiger partial charge >= 0.3 is 0 Å². The van der Waals surface area contributed by atoms with Gasteiger partial charge in [0.05, 0.1) is 29.3 Å². The molecule has 1 aliphatic heterocycles. The third-order valence-electron chi connectivity index (χ3n) is 6.55. The van der Waals surface area contributed by atoms with Crippen LogP contribution < -0.4 is 5.73 Å². The number of aromatic nitrogens is 2. The van der Waals surface area contributed by atoms with Crippen molar-refractivity contribution < 1.29 is 4.79 Å². The van der Waals surface area contributed by atoms with Gasteiger partial charge in [0.1, 0.15) is 5.54 Å². The first-order chi connectivity index (χ1) is 16.4. The molecule has 0 saturated heterocycles. The number of hydrogen-bond acceptors (Lipinski definition) is 6. The van der Waals surface area contributed by atoms with E-state index in [0.29, 0.717) is 5.56 Å². The number of amides is 1. The summed E-state index contributed by atoms with van der Waals surface area (Å²) in [5, 5.41) is 16.7. The Morgan fingerprint density at radius 2 is 2.03 bits per heavy atom. The molecular weight excluding hydrogens is 444 g/mol. The van der Waals surface area contributed by atoms with E-state index in [2.05, 4.69) is 24.2 Å². The van der Waals surface area contributed by atoms with Gasteiger partial charge in [0.15, 0.2) is 5.96 Å². The first-order valence-electron chi connectivity index (χ1n) is 11.0. The summed E-state index contributed by atoms with van der Waals surface area (Å²) in [6.07, 6.45) is 1.83. The topological polar surface area (TPSA) is 100 Å². The van der Waals surface area contributed by atoms with Crippen molar-refractivity contribution in [2.24, 2.45) is 10.7 Å². The van der Waals surface area contributed by atoms with E-state index in [0.717, 1.165) is 39.0 Å². The van der Waals surface area contributed by atoms with Crippen LogP contribution in [0.4, 0.5) is 0 Å². The molecule has 3 heterocycles. The van der Waals surface area contributed by atoms with E-state index in [1.54, 1.807) is 24.5 Å². The van der Waals surface area contributed by atoms with Crippen LogP contribution in [0.15, 0.2) is 65.1 Å². The Morgan fingerprint density at radius 3 is 2.79 bits per heavy atom. The second kappa shape index (κ2) is 8.12. The number of hydrogen-bond donors (Lipinski definition) is 1. The van der Waals surface area contributed by atoms with Crippen molar-refractivity contribution in [3.05, 3.63) is 76.1 Å². The summed E-state index contributed by atoms with van der Waals surface area (Å²) in [4.78, 5) is 20.8. The number of aliphatic imine (C=N–C) groups is 1. The van der Waals surface area contributed by atoms with Crippen LogP contribution in [0.5, 0.6) is 0 Å². The maximum Gasteiger partial charge on any atom is 0.239 e. The molecule has 0 radical (unpaired) electrons. The monoisotopic (exact) mass is 468 g/mol. The number of fused-ring (bicyclic) bond motifs is 1. The molecule has 1 amide bonds. The van der Waals surface area contributed by atoms with Crippen LogP contribution >= 0.6 is 11.3 Å². The molecule has 2 aromatic heterocycles. The van der Waals surface area contributed by atoms with Gasteiger partial charge in [0.25, 0.3) is 0 Å². The summed E-state index contributed by atoms with van der Waals surface area (Å²) in [7, 11) is 1.66. The van der Waals surface area contributed by atoms with Gasteiger partial charge in [-0.2, -0.15) is 10.4 Å². The Bertz CT molecular complexity index is 1490. The minimum absolute atomic E-state index is 0.0985. The number of thiophene rings is 1. The van der Waals surface area contributed by atoms with Crippen LogP contribution in [0.25, 0.3) is 22.0 Å². The Labute approximate surface area is 201 Å². The Balaban J connectivity index is 1.64. The molecule has 0 unspecified atom stereocenters. The van der Waals surface area contributed by atoms with Crippen LogP contribution in [0.3, 0.4) is 0 Å². The molecule has 0 aliphatic carbocycles. The summed E-state index contributed by atoms with van der Waals surface area (Å²) < 4.78 is 1.93. The SMILES string of the molecule is CCn1ncc2cc([C@@H]3C(=O)N(C)C(N)=N[C@]3(C)c3cc(-c4cccc(C#N)c4)cs3)ccc21. The lowest BCUT2D eigenvalue weighted by Gasteiger charge is -2.40. The quantitative estimate of drug-likeness (QED) is 0.478. The summed E-state index contributed by atoms with van der Waals surface area (Å²) in [6, 6.07) is 17.8. The first-order valence-corrected chi connectivity index (χ1v) is 11.9. The normalized spacial score (nSPS) is 20.4. The molecule has 1 aliphatic rings. The number of likely N-dealkylation sites (N-methyl/N-ethyl adjacent to an activating group) is 1. The molecule has 4 aromatic rings. The van der Waals surface area contributed by atoms with E-state index in [9.17, 15) is 10.1 Å². The van der Waals surface area contributed by atoms with Crippen LogP contribution in [0.1, 0.15) is 35.8 Å². The number of carbonyl (C=O) groups excluding carboxylic acids is 1. The molecule has 2 aromatic carbocycles. The molecule has 170 valence electrons. The third kappa shape index (κ3) is 3.37. The zero-order valence-electron chi connectivity index (χ0n) is 19.2. The Hall–Kier alpha value is -3.96. The summed E-state index contributed by atoms with van der Waals surface area (Å²) in [5.74, 6) is -0.445. The lowest BCUT2D eigenvalue weighted by Crippen LogP contribution is -2.52. The molecule has 2 atom stereocenters. The standard InChI is InChI=1S/C26H24N6OS/c1-4-32-21-9-8-18(11-19(21)14-29-32)23-24(33)31(3)25(28)30-26(23,2)22-12-20(15-34-22)17-7-5-6-16(10-17)13-27/h5-12,14-15,23H,4H2,1-3H3,(H2,28,30)/t23-,26-/m1/s1. The third-order valence-corrected chi connectivity index (χ3v) is 7.71. The lowest BCUT2D eigenvalue weighted by atomic mass is 9.77. The summed E-state index contributed by atoms with van der Waals surface area (Å²) in [6.45, 7) is 4.79. The minimum atomic E-state index is -0.877. The van der Waals surface area contributed by atoms with Crippen molar-refractivity contribution >= 4 is 34.1 Å². The number of rotatable bonds is 4. The van der Waals surface area contributed by atoms with Gasteiger partial charge in [-0.3, -0.25) is 14.4 Å². The lowest BCUT2D eigenvalue weighted by molar-refractivity contribution is -0.130. The van der Waals surface area contributed by atoms with Crippen LogP contribution in [-0.4, -0.2) is 33.6 Å². The first kappa shape index (κ1) is 21.9. The maximum atomic E-state index is 13.6. The maximum absolute atomic E-state index is 13.6. The van der Waals surface area contributed by atoms with Crippen LogP contribution in [-0.2, 0) is 16.9 Å². The molecule has 8 heteroatoms. The van der Waals surface area contributed by atoms with Gasteiger partial charge in [-0.1, -0.05) is 18.2 Å². The van der Waals surface area contributed by atoms with E-state index < -0.39 is 11.5 Å². The van der Waals surface area contributed by atoms with Gasteiger partial charge in [0.2, 0.25) is 5.91 Å².